The molecule has 0 spiro atoms. The summed E-state index contributed by atoms with van der Waals surface area (Å²) >= 11 is 6.03. The number of benzene rings is 3. The summed E-state index contributed by atoms with van der Waals surface area (Å²) in [5, 5.41) is 35.9. The molecule has 0 saturated carbocycles. The Morgan fingerprint density at radius 2 is 1.79 bits per heavy atom. The van der Waals surface area contributed by atoms with E-state index >= 15 is 0 Å². The quantitative estimate of drug-likeness (QED) is 0.297. The Morgan fingerprint density at radius 3 is 2.50 bits per heavy atom. The third kappa shape index (κ3) is 7.45. The van der Waals surface area contributed by atoms with E-state index in [1.54, 1.807) is 12.1 Å². The smallest absolute Gasteiger partial charge is 0.251 e. The summed E-state index contributed by atoms with van der Waals surface area (Å²) in [4.78, 5) is 12.5. The van der Waals surface area contributed by atoms with Crippen LogP contribution in [0.5, 0.6) is 11.5 Å². The van der Waals surface area contributed by atoms with Gasteiger partial charge in [0.2, 0.25) is 0 Å². The van der Waals surface area contributed by atoms with E-state index in [0.717, 1.165) is 11.1 Å². The molecular weight excluding hydrogens is 459 g/mol. The van der Waals surface area contributed by atoms with Gasteiger partial charge in [-0.3, -0.25) is 4.79 Å². The lowest BCUT2D eigenvalue weighted by Gasteiger charge is -2.18. The molecule has 3 aromatic carbocycles. The molecule has 0 heterocycles. The van der Waals surface area contributed by atoms with E-state index in [4.69, 9.17) is 11.6 Å². The number of nitrogens with one attached hydrogen (secondary N) is 2. The van der Waals surface area contributed by atoms with Crippen molar-refractivity contribution in [3.8, 4) is 11.5 Å². The predicted molar refractivity (Wildman–Crippen MR) is 130 cm³/mol. The van der Waals surface area contributed by atoms with Gasteiger partial charge < -0.3 is 26.0 Å². The number of carbonyl (C=O) groups is 1. The first kappa shape index (κ1) is 25.5. The standard InChI is InChI=1S/C26H28ClFN2O4/c1-16(30-15-25(33)20-11-22(31)14-23(32)12-20)9-17-3-2-4-19(10-17)26(34)29-8-7-18-5-6-21(28)13-24(18)27/h2-6,10-14,16,25,30-33H,7-9,15H2,1H3,(H,29,34)/t16-,25+/m1/s1. The highest BCUT2D eigenvalue weighted by Gasteiger charge is 2.13. The first-order valence-electron chi connectivity index (χ1n) is 11.0. The van der Waals surface area contributed by atoms with Crippen LogP contribution in [0.1, 0.15) is 40.1 Å². The van der Waals surface area contributed by atoms with E-state index in [-0.39, 0.29) is 30.0 Å². The van der Waals surface area contributed by atoms with Gasteiger partial charge in [0.05, 0.1) is 6.10 Å². The van der Waals surface area contributed by atoms with Gasteiger partial charge in [0.15, 0.2) is 0 Å². The molecule has 8 heteroatoms. The van der Waals surface area contributed by atoms with E-state index in [1.807, 2.05) is 25.1 Å². The van der Waals surface area contributed by atoms with Gasteiger partial charge in [0.1, 0.15) is 17.3 Å². The minimum absolute atomic E-state index is 0.000477. The van der Waals surface area contributed by atoms with Crippen molar-refractivity contribution in [1.82, 2.24) is 10.6 Å². The summed E-state index contributed by atoms with van der Waals surface area (Å²) in [6.07, 6.45) is 0.224. The minimum atomic E-state index is -0.896. The molecule has 6 nitrogen and oxygen atoms in total. The first-order chi connectivity index (χ1) is 16.2. The number of hydrogen-bond donors (Lipinski definition) is 5. The van der Waals surface area contributed by atoms with Gasteiger partial charge in [-0.25, -0.2) is 4.39 Å². The van der Waals surface area contributed by atoms with Gasteiger partial charge in [-0.05, 0) is 72.9 Å². The molecule has 34 heavy (non-hydrogen) atoms. The summed E-state index contributed by atoms with van der Waals surface area (Å²) in [5.74, 6) is -0.831. The van der Waals surface area contributed by atoms with E-state index in [2.05, 4.69) is 10.6 Å². The van der Waals surface area contributed by atoms with Crippen LogP contribution in [-0.4, -0.2) is 40.4 Å². The molecule has 5 N–H and O–H groups in total. The molecule has 3 aromatic rings. The number of rotatable bonds is 10. The highest BCUT2D eigenvalue weighted by Crippen LogP contribution is 2.24. The molecule has 0 aliphatic carbocycles. The molecule has 3 rings (SSSR count). The van der Waals surface area contributed by atoms with Crippen molar-refractivity contribution in [3.05, 3.63) is 93.8 Å². The van der Waals surface area contributed by atoms with Gasteiger partial charge in [0.25, 0.3) is 5.91 Å². The fourth-order valence-corrected chi connectivity index (χ4v) is 3.91. The molecule has 0 aliphatic rings. The zero-order valence-electron chi connectivity index (χ0n) is 18.8. The summed E-state index contributed by atoms with van der Waals surface area (Å²) < 4.78 is 13.2. The topological polar surface area (TPSA) is 102 Å². The number of aromatic hydroxyl groups is 2. The number of phenols is 2. The summed E-state index contributed by atoms with van der Waals surface area (Å²) in [7, 11) is 0. The molecule has 0 saturated heterocycles. The number of hydrogen-bond acceptors (Lipinski definition) is 5. The summed E-state index contributed by atoms with van der Waals surface area (Å²) in [6, 6.07) is 15.5. The lowest BCUT2D eigenvalue weighted by atomic mass is 10.0. The number of carbonyl (C=O) groups excluding carboxylic acids is 1. The number of phenolic OH excluding ortho intramolecular Hbond substituents is 2. The second-order valence-electron chi connectivity index (χ2n) is 8.25. The van der Waals surface area contributed by atoms with Gasteiger partial charge in [-0.15, -0.1) is 0 Å². The van der Waals surface area contributed by atoms with Crippen LogP contribution >= 0.6 is 11.6 Å². The second kappa shape index (κ2) is 11.8. The zero-order chi connectivity index (χ0) is 24.7. The predicted octanol–water partition coefficient (Wildman–Crippen LogP) is 4.12. The van der Waals surface area contributed by atoms with E-state index < -0.39 is 11.9 Å². The second-order valence-corrected chi connectivity index (χ2v) is 8.66. The van der Waals surface area contributed by atoms with Crippen molar-refractivity contribution >= 4 is 17.5 Å². The Labute approximate surface area is 203 Å². The lowest BCUT2D eigenvalue weighted by molar-refractivity contribution is 0.0954. The van der Waals surface area contributed by atoms with Crippen LogP contribution in [0.15, 0.2) is 60.7 Å². The first-order valence-corrected chi connectivity index (χ1v) is 11.3. The van der Waals surface area contributed by atoms with E-state index in [9.17, 15) is 24.5 Å². The molecule has 0 aromatic heterocycles. The molecule has 180 valence electrons. The molecule has 0 fully saturated rings. The Morgan fingerprint density at radius 1 is 1.06 bits per heavy atom. The monoisotopic (exact) mass is 486 g/mol. The zero-order valence-corrected chi connectivity index (χ0v) is 19.5. The van der Waals surface area contributed by atoms with Crippen LogP contribution in [-0.2, 0) is 12.8 Å². The number of halogens is 2. The average Bonchev–Trinajstić information content (AvgIpc) is 2.78. The molecule has 0 bridgehead atoms. The van der Waals surface area contributed by atoms with Gasteiger partial charge in [0, 0.05) is 35.8 Å². The minimum Gasteiger partial charge on any atom is -0.508 e. The maximum absolute atomic E-state index is 13.2. The molecule has 0 radical (unpaired) electrons. The van der Waals surface area contributed by atoms with Crippen LogP contribution in [0.25, 0.3) is 0 Å². The van der Waals surface area contributed by atoms with Crippen LogP contribution in [0.2, 0.25) is 5.02 Å². The Kier molecular flexibility index (Phi) is 8.87. The molecular formula is C26H28ClFN2O4. The molecule has 1 amide bonds. The third-order valence-electron chi connectivity index (χ3n) is 5.40. The van der Waals surface area contributed by atoms with Crippen LogP contribution in [0.4, 0.5) is 4.39 Å². The summed E-state index contributed by atoms with van der Waals surface area (Å²) in [6.45, 7) is 2.57. The van der Waals surface area contributed by atoms with Gasteiger partial charge >= 0.3 is 0 Å². The number of amides is 1. The van der Waals surface area contributed by atoms with E-state index in [0.29, 0.717) is 35.5 Å². The van der Waals surface area contributed by atoms with Gasteiger partial charge in [-0.2, -0.15) is 0 Å². The van der Waals surface area contributed by atoms with Crippen LogP contribution in [0.3, 0.4) is 0 Å². The van der Waals surface area contributed by atoms with Crippen molar-refractivity contribution in [2.24, 2.45) is 0 Å². The van der Waals surface area contributed by atoms with Gasteiger partial charge in [-0.1, -0.05) is 29.8 Å². The largest absolute Gasteiger partial charge is 0.508 e. The maximum Gasteiger partial charge on any atom is 0.251 e. The average molecular weight is 487 g/mol. The highest BCUT2D eigenvalue weighted by molar-refractivity contribution is 6.31. The SMILES string of the molecule is C[C@H](Cc1cccc(C(=O)NCCc2ccc(F)cc2Cl)c1)NC[C@H](O)c1cc(O)cc(O)c1. The molecule has 0 unspecified atom stereocenters. The molecule has 2 atom stereocenters. The van der Waals surface area contributed by atoms with Crippen LogP contribution in [0, 0.1) is 5.82 Å². The van der Waals surface area contributed by atoms with Crippen molar-refractivity contribution in [2.75, 3.05) is 13.1 Å². The van der Waals surface area contributed by atoms with Crippen molar-refractivity contribution in [1.29, 1.82) is 0 Å². The molecule has 0 aliphatic heterocycles. The van der Waals surface area contributed by atoms with Crippen molar-refractivity contribution in [3.63, 3.8) is 0 Å². The Bertz CT molecular complexity index is 1120. The number of aliphatic hydroxyl groups excluding tert-OH is 1. The fourth-order valence-electron chi connectivity index (χ4n) is 3.64. The number of aliphatic hydroxyl groups is 1. The normalized spacial score (nSPS) is 12.8. The maximum atomic E-state index is 13.2. The van der Waals surface area contributed by atoms with Crippen molar-refractivity contribution in [2.45, 2.75) is 31.9 Å². The Balaban J connectivity index is 1.49. The Hall–Kier alpha value is -3.13. The van der Waals surface area contributed by atoms with Crippen molar-refractivity contribution < 1.29 is 24.5 Å². The third-order valence-corrected chi connectivity index (χ3v) is 5.75. The van der Waals surface area contributed by atoms with Crippen LogP contribution < -0.4 is 10.6 Å². The highest BCUT2D eigenvalue weighted by atomic mass is 35.5. The van der Waals surface area contributed by atoms with E-state index in [1.165, 1.54) is 30.3 Å². The summed E-state index contributed by atoms with van der Waals surface area (Å²) in [5.41, 5.74) is 2.67. The lowest BCUT2D eigenvalue weighted by Crippen LogP contribution is -2.32. The fraction of sp³-hybridized carbons (Fsp3) is 0.269.